The van der Waals surface area contributed by atoms with Gasteiger partial charge in [-0.15, -0.1) is 22.7 Å². The molecule has 0 unspecified atom stereocenters. The van der Waals surface area contributed by atoms with Crippen molar-refractivity contribution in [1.82, 2.24) is 20.1 Å². The average molecular weight is 351 g/mol. The molecular weight excluding hydrogens is 328 g/mol. The molecule has 0 aliphatic carbocycles. The lowest BCUT2D eigenvalue weighted by molar-refractivity contribution is 0.134. The van der Waals surface area contributed by atoms with E-state index in [0.29, 0.717) is 0 Å². The maximum Gasteiger partial charge on any atom is 0.317 e. The number of nitrogens with one attached hydrogen (secondary N) is 1. The van der Waals surface area contributed by atoms with Gasteiger partial charge in [0.05, 0.1) is 17.1 Å². The van der Waals surface area contributed by atoms with Crippen LogP contribution in [0.4, 0.5) is 4.79 Å². The van der Waals surface area contributed by atoms with Gasteiger partial charge in [0.15, 0.2) is 0 Å². The number of rotatable bonds is 4. The normalized spacial score (nSPS) is 16.0. The zero-order valence-electron chi connectivity index (χ0n) is 13.5. The first kappa shape index (κ1) is 16.4. The lowest BCUT2D eigenvalue weighted by Gasteiger charge is -2.34. The fourth-order valence-electron chi connectivity index (χ4n) is 2.56. The van der Waals surface area contributed by atoms with Gasteiger partial charge in [-0.1, -0.05) is 6.07 Å². The van der Waals surface area contributed by atoms with E-state index in [1.165, 1.54) is 4.88 Å². The van der Waals surface area contributed by atoms with Crippen molar-refractivity contribution in [3.8, 4) is 10.6 Å². The van der Waals surface area contributed by atoms with Gasteiger partial charge < -0.3 is 10.2 Å². The number of hydrogen-bond donors (Lipinski definition) is 1. The lowest BCUT2D eigenvalue weighted by Crippen LogP contribution is -2.52. The maximum absolute atomic E-state index is 12.0. The summed E-state index contributed by atoms with van der Waals surface area (Å²) >= 11 is 3.44. The predicted octanol–water partition coefficient (Wildman–Crippen LogP) is 3.11. The molecule has 1 aliphatic rings. The molecule has 0 radical (unpaired) electrons. The summed E-state index contributed by atoms with van der Waals surface area (Å²) < 4.78 is 0. The minimum absolute atomic E-state index is 0.0499. The summed E-state index contributed by atoms with van der Waals surface area (Å²) in [5.41, 5.74) is 1.08. The highest BCUT2D eigenvalue weighted by molar-refractivity contribution is 7.14. The Morgan fingerprint density at radius 1 is 1.30 bits per heavy atom. The van der Waals surface area contributed by atoms with E-state index < -0.39 is 0 Å². The first-order valence-corrected chi connectivity index (χ1v) is 9.64. The van der Waals surface area contributed by atoms with Gasteiger partial charge in [0.25, 0.3) is 0 Å². The Kier molecular flexibility index (Phi) is 5.30. The van der Waals surface area contributed by atoms with E-state index in [0.717, 1.165) is 43.4 Å². The molecule has 124 valence electrons. The highest BCUT2D eigenvalue weighted by atomic mass is 32.1. The number of amides is 2. The highest BCUT2D eigenvalue weighted by Gasteiger charge is 2.22. The van der Waals surface area contributed by atoms with Crippen LogP contribution in [0.1, 0.15) is 18.9 Å². The fraction of sp³-hybridized carbons (Fsp3) is 0.500. The number of urea groups is 1. The molecule has 0 saturated carbocycles. The van der Waals surface area contributed by atoms with Gasteiger partial charge in [0.1, 0.15) is 5.01 Å². The number of piperazine rings is 1. The number of hydrogen-bond acceptors (Lipinski definition) is 5. The standard InChI is InChI=1S/C16H22N4OS2/c1-12(2)17-16(21)20-7-5-19(6-8-20)10-15-18-13(11-23-15)14-4-3-9-22-14/h3-4,9,11-12H,5-8,10H2,1-2H3,(H,17,21). The lowest BCUT2D eigenvalue weighted by atomic mass is 10.3. The first-order chi connectivity index (χ1) is 11.1. The van der Waals surface area contributed by atoms with Gasteiger partial charge in [0.2, 0.25) is 0 Å². The molecule has 1 aliphatic heterocycles. The van der Waals surface area contributed by atoms with E-state index in [2.05, 4.69) is 33.1 Å². The van der Waals surface area contributed by atoms with Crippen LogP contribution >= 0.6 is 22.7 Å². The van der Waals surface area contributed by atoms with E-state index in [1.54, 1.807) is 22.7 Å². The van der Waals surface area contributed by atoms with Crippen LogP contribution in [-0.4, -0.2) is 53.0 Å². The second kappa shape index (κ2) is 7.42. The Labute approximate surface area is 144 Å². The molecule has 7 heteroatoms. The van der Waals surface area contributed by atoms with E-state index in [1.807, 2.05) is 18.7 Å². The largest absolute Gasteiger partial charge is 0.336 e. The van der Waals surface area contributed by atoms with E-state index in [-0.39, 0.29) is 12.1 Å². The summed E-state index contributed by atoms with van der Waals surface area (Å²) in [6.45, 7) is 8.21. The van der Waals surface area contributed by atoms with Gasteiger partial charge in [-0.05, 0) is 25.3 Å². The van der Waals surface area contributed by atoms with Crippen LogP contribution in [0, 0.1) is 0 Å². The third-order valence-electron chi connectivity index (χ3n) is 3.76. The van der Waals surface area contributed by atoms with Crippen molar-refractivity contribution < 1.29 is 4.79 Å². The highest BCUT2D eigenvalue weighted by Crippen LogP contribution is 2.26. The third kappa shape index (κ3) is 4.31. The number of nitrogens with zero attached hydrogens (tertiary/aromatic N) is 3. The summed E-state index contributed by atoms with van der Waals surface area (Å²) in [6.07, 6.45) is 0. The molecule has 0 bridgehead atoms. The number of thiazole rings is 1. The topological polar surface area (TPSA) is 48.5 Å². The van der Waals surface area contributed by atoms with Gasteiger partial charge >= 0.3 is 6.03 Å². The van der Waals surface area contributed by atoms with Crippen molar-refractivity contribution in [2.45, 2.75) is 26.4 Å². The summed E-state index contributed by atoms with van der Waals surface area (Å²) in [5, 5.41) is 8.31. The second-order valence-corrected chi connectivity index (χ2v) is 7.86. The van der Waals surface area contributed by atoms with Crippen LogP contribution < -0.4 is 5.32 Å². The molecule has 0 spiro atoms. The molecule has 23 heavy (non-hydrogen) atoms. The number of carbonyl (C=O) groups is 1. The van der Waals surface area contributed by atoms with E-state index >= 15 is 0 Å². The molecule has 1 fully saturated rings. The number of carbonyl (C=O) groups excluding carboxylic acids is 1. The van der Waals surface area contributed by atoms with Gasteiger partial charge in [-0.2, -0.15) is 0 Å². The smallest absolute Gasteiger partial charge is 0.317 e. The molecule has 2 aromatic heterocycles. The summed E-state index contributed by atoms with van der Waals surface area (Å²) in [4.78, 5) is 22.2. The van der Waals surface area contributed by atoms with Crippen LogP contribution in [0.15, 0.2) is 22.9 Å². The molecule has 1 saturated heterocycles. The quantitative estimate of drug-likeness (QED) is 0.922. The summed E-state index contributed by atoms with van der Waals surface area (Å²) in [7, 11) is 0. The number of thiophene rings is 1. The van der Waals surface area contributed by atoms with Gasteiger partial charge in [-0.3, -0.25) is 4.90 Å². The first-order valence-electron chi connectivity index (χ1n) is 7.88. The average Bonchev–Trinajstić information content (AvgIpc) is 3.18. The molecular formula is C16H22N4OS2. The molecule has 3 heterocycles. The SMILES string of the molecule is CC(C)NC(=O)N1CCN(Cc2nc(-c3cccs3)cs2)CC1. The van der Waals surface area contributed by atoms with E-state index in [9.17, 15) is 4.79 Å². The molecule has 2 aromatic rings. The molecule has 0 aromatic carbocycles. The molecule has 0 atom stereocenters. The minimum atomic E-state index is 0.0499. The second-order valence-electron chi connectivity index (χ2n) is 5.97. The van der Waals surface area contributed by atoms with Crippen molar-refractivity contribution in [3.63, 3.8) is 0 Å². The predicted molar refractivity (Wildman–Crippen MR) is 95.9 cm³/mol. The molecule has 3 rings (SSSR count). The summed E-state index contributed by atoms with van der Waals surface area (Å²) in [5.74, 6) is 0. The number of aromatic nitrogens is 1. The van der Waals surface area contributed by atoms with Crippen molar-refractivity contribution in [1.29, 1.82) is 0 Å². The van der Waals surface area contributed by atoms with Crippen molar-refractivity contribution in [2.24, 2.45) is 0 Å². The van der Waals surface area contributed by atoms with Crippen molar-refractivity contribution in [3.05, 3.63) is 27.9 Å². The zero-order valence-corrected chi connectivity index (χ0v) is 15.1. The minimum Gasteiger partial charge on any atom is -0.336 e. The van der Waals surface area contributed by atoms with E-state index in [4.69, 9.17) is 4.98 Å². The fourth-order valence-corrected chi connectivity index (χ4v) is 4.16. The summed E-state index contributed by atoms with van der Waals surface area (Å²) in [6, 6.07) is 4.40. The maximum atomic E-state index is 12.0. The Morgan fingerprint density at radius 2 is 2.09 bits per heavy atom. The van der Waals surface area contributed by atoms with Crippen LogP contribution in [0.5, 0.6) is 0 Å². The Morgan fingerprint density at radius 3 is 2.74 bits per heavy atom. The van der Waals surface area contributed by atoms with Crippen LogP contribution in [0.2, 0.25) is 0 Å². The molecule has 1 N–H and O–H groups in total. The Balaban J connectivity index is 1.50. The van der Waals surface area contributed by atoms with Gasteiger partial charge in [0, 0.05) is 37.6 Å². The van der Waals surface area contributed by atoms with Crippen LogP contribution in [-0.2, 0) is 6.54 Å². The molecule has 2 amide bonds. The van der Waals surface area contributed by atoms with Crippen LogP contribution in [0.25, 0.3) is 10.6 Å². The Hall–Kier alpha value is -1.44. The Bertz CT molecular complexity index is 630. The van der Waals surface area contributed by atoms with Crippen molar-refractivity contribution >= 4 is 28.7 Å². The van der Waals surface area contributed by atoms with Crippen LogP contribution in [0.3, 0.4) is 0 Å². The zero-order chi connectivity index (χ0) is 16.2. The molecule has 5 nitrogen and oxygen atoms in total. The van der Waals surface area contributed by atoms with Gasteiger partial charge in [-0.25, -0.2) is 9.78 Å². The monoisotopic (exact) mass is 350 g/mol. The van der Waals surface area contributed by atoms with Crippen molar-refractivity contribution in [2.75, 3.05) is 26.2 Å². The third-order valence-corrected chi connectivity index (χ3v) is 5.48.